The number of amides is 1. The summed E-state index contributed by atoms with van der Waals surface area (Å²) in [4.78, 5) is 20.7. The zero-order valence-corrected chi connectivity index (χ0v) is 23.5. The van der Waals surface area contributed by atoms with Crippen molar-refractivity contribution in [3.63, 3.8) is 0 Å². The summed E-state index contributed by atoms with van der Waals surface area (Å²) in [6.45, 7) is 12.6. The van der Waals surface area contributed by atoms with Crippen LogP contribution in [0.4, 0.5) is 18.9 Å². The molecule has 0 aliphatic carbocycles. The number of fused-ring (bicyclic) bond motifs is 2. The molecule has 0 N–H and O–H groups in total. The molecule has 0 radical (unpaired) electrons. The van der Waals surface area contributed by atoms with E-state index in [1.165, 1.54) is 18.1 Å². The number of nitriles is 1. The number of anilines is 1. The van der Waals surface area contributed by atoms with Gasteiger partial charge in [-0.15, -0.1) is 0 Å². The molecule has 4 fully saturated rings. The summed E-state index contributed by atoms with van der Waals surface area (Å²) in [6.07, 6.45) is -5.89. The Bertz CT molecular complexity index is 1260. The Morgan fingerprint density at radius 3 is 2.53 bits per heavy atom. The van der Waals surface area contributed by atoms with Gasteiger partial charge in [0.05, 0.1) is 35.6 Å². The molecule has 1 spiro atoms. The fraction of sp³-hybridized carbons (Fsp3) is 0.654. The third-order valence-corrected chi connectivity index (χ3v) is 13.5. The lowest BCUT2D eigenvalue weighted by molar-refractivity contribution is -0.139. The minimum atomic E-state index is -4.76. The quantitative estimate of drug-likeness (QED) is 0.393. The summed E-state index contributed by atoms with van der Waals surface area (Å²) in [5.74, 6) is -1.65. The van der Waals surface area contributed by atoms with Gasteiger partial charge in [0.2, 0.25) is 5.91 Å². The van der Waals surface area contributed by atoms with Crippen LogP contribution in [0.2, 0.25) is 18.1 Å². The molecule has 4 aliphatic rings. The zero-order chi connectivity index (χ0) is 28.1. The number of hydrogen-bond donors (Lipinski definition) is 0. The fourth-order valence-corrected chi connectivity index (χ4v) is 7.61. The Morgan fingerprint density at radius 1 is 1.26 bits per heavy atom. The predicted octanol–water partition coefficient (Wildman–Crippen LogP) is 4.84. The van der Waals surface area contributed by atoms with E-state index in [2.05, 4.69) is 39.0 Å². The molecule has 0 saturated carbocycles. The number of carbonyl (C=O) groups is 1. The third kappa shape index (κ3) is 3.51. The average molecular weight is 552 g/mol. The van der Waals surface area contributed by atoms with Crippen molar-refractivity contribution in [1.29, 1.82) is 5.26 Å². The van der Waals surface area contributed by atoms with Crippen molar-refractivity contribution < 1.29 is 36.7 Å². The predicted molar refractivity (Wildman–Crippen MR) is 134 cm³/mol. The van der Waals surface area contributed by atoms with Crippen LogP contribution in [-0.4, -0.2) is 57.2 Å². The molecule has 1 aromatic carbocycles. The molecule has 0 unspecified atom stereocenters. The average Bonchev–Trinajstić information content (AvgIpc) is 3.35. The molecule has 4 heterocycles. The van der Waals surface area contributed by atoms with Gasteiger partial charge in [0, 0.05) is 12.1 Å². The summed E-state index contributed by atoms with van der Waals surface area (Å²) in [6, 6.07) is 4.88. The first kappa shape index (κ1) is 27.1. The van der Waals surface area contributed by atoms with Gasteiger partial charge in [0.25, 0.3) is 0 Å². The molecule has 4 saturated heterocycles. The zero-order valence-electron chi connectivity index (χ0n) is 22.5. The highest BCUT2D eigenvalue weighted by Crippen LogP contribution is 2.65. The molecule has 206 valence electrons. The number of carbonyl (C=O) groups excluding carboxylic acids is 1. The van der Waals surface area contributed by atoms with E-state index in [0.29, 0.717) is 12.1 Å². The highest BCUT2D eigenvalue weighted by Gasteiger charge is 2.82. The van der Waals surface area contributed by atoms with Crippen LogP contribution in [0.25, 0.3) is 0 Å². The molecule has 1 amide bonds. The van der Waals surface area contributed by atoms with Crippen molar-refractivity contribution in [1.82, 2.24) is 0 Å². The molecule has 2 bridgehead atoms. The van der Waals surface area contributed by atoms with E-state index in [-0.39, 0.29) is 17.3 Å². The Morgan fingerprint density at radius 2 is 1.95 bits per heavy atom. The summed E-state index contributed by atoms with van der Waals surface area (Å²) >= 11 is 0. The fourth-order valence-electron chi connectivity index (χ4n) is 6.32. The number of alkyl halides is 3. The monoisotopic (exact) mass is 551 g/mol. The maximum absolute atomic E-state index is 14.1. The van der Waals surface area contributed by atoms with Crippen LogP contribution in [0.1, 0.15) is 45.2 Å². The SMILES string of the molecule is CON=C1[C@@H](O[Si](C)(C)C(C)(C)C)[C@@]2(C)O[C@@]13CCO[C@H]1[C@@H]3[C@@H]2C(=O)N1c1ccc(C#N)c(C(F)(F)F)c1. The number of hydrogen-bond acceptors (Lipinski definition) is 7. The van der Waals surface area contributed by atoms with E-state index in [1.807, 2.05) is 6.92 Å². The number of oxime groups is 1. The highest BCUT2D eigenvalue weighted by atomic mass is 28.4. The first-order valence-corrected chi connectivity index (χ1v) is 15.5. The number of rotatable bonds is 4. The van der Waals surface area contributed by atoms with Gasteiger partial charge in [-0.25, -0.2) is 0 Å². The van der Waals surface area contributed by atoms with Crippen LogP contribution in [0.5, 0.6) is 0 Å². The summed E-state index contributed by atoms with van der Waals surface area (Å²) in [7, 11) is -0.942. The van der Waals surface area contributed by atoms with Crippen molar-refractivity contribution in [2.24, 2.45) is 17.0 Å². The minimum Gasteiger partial charge on any atom is -0.405 e. The number of nitrogens with zero attached hydrogens (tertiary/aromatic N) is 3. The smallest absolute Gasteiger partial charge is 0.405 e. The van der Waals surface area contributed by atoms with Crippen molar-refractivity contribution in [3.8, 4) is 6.07 Å². The van der Waals surface area contributed by atoms with Gasteiger partial charge >= 0.3 is 6.18 Å². The van der Waals surface area contributed by atoms with Gasteiger partial charge < -0.3 is 18.7 Å². The van der Waals surface area contributed by atoms with Crippen LogP contribution in [-0.2, 0) is 29.7 Å². The molecule has 6 atom stereocenters. The van der Waals surface area contributed by atoms with Gasteiger partial charge in [-0.05, 0) is 43.3 Å². The summed E-state index contributed by atoms with van der Waals surface area (Å²) < 4.78 is 60.9. The Labute approximate surface area is 220 Å². The van der Waals surface area contributed by atoms with Crippen molar-refractivity contribution in [2.75, 3.05) is 18.6 Å². The van der Waals surface area contributed by atoms with Crippen LogP contribution in [0.3, 0.4) is 0 Å². The van der Waals surface area contributed by atoms with Gasteiger partial charge in [0.15, 0.2) is 8.32 Å². The molecule has 5 rings (SSSR count). The van der Waals surface area contributed by atoms with Crippen molar-refractivity contribution in [2.45, 2.75) is 82.0 Å². The second-order valence-electron chi connectivity index (χ2n) is 12.2. The molecule has 1 aromatic rings. The Kier molecular flexibility index (Phi) is 5.90. The van der Waals surface area contributed by atoms with E-state index in [9.17, 15) is 23.2 Å². The molecule has 4 aliphatic heterocycles. The lowest BCUT2D eigenvalue weighted by Gasteiger charge is -2.46. The first-order valence-electron chi connectivity index (χ1n) is 12.6. The van der Waals surface area contributed by atoms with E-state index >= 15 is 0 Å². The first-order chi connectivity index (χ1) is 17.5. The van der Waals surface area contributed by atoms with E-state index in [1.54, 1.807) is 6.07 Å². The second-order valence-corrected chi connectivity index (χ2v) is 16.9. The molecule has 12 heteroatoms. The van der Waals surface area contributed by atoms with Crippen molar-refractivity contribution >= 4 is 25.6 Å². The van der Waals surface area contributed by atoms with E-state index in [0.717, 1.165) is 12.1 Å². The number of benzene rings is 1. The van der Waals surface area contributed by atoms with Gasteiger partial charge in [-0.1, -0.05) is 25.9 Å². The second kappa shape index (κ2) is 8.27. The molecule has 8 nitrogen and oxygen atoms in total. The lowest BCUT2D eigenvalue weighted by atomic mass is 9.64. The molecular formula is C26H32F3N3O5Si. The van der Waals surface area contributed by atoms with Crippen LogP contribution in [0, 0.1) is 23.2 Å². The largest absolute Gasteiger partial charge is 0.417 e. The third-order valence-electron chi connectivity index (χ3n) is 9.06. The summed E-state index contributed by atoms with van der Waals surface area (Å²) in [5, 5.41) is 13.5. The highest BCUT2D eigenvalue weighted by molar-refractivity contribution is 6.74. The maximum Gasteiger partial charge on any atom is 0.417 e. The molecule has 38 heavy (non-hydrogen) atoms. The number of halogens is 3. The normalized spacial score (nSPS) is 35.6. The number of ether oxygens (including phenoxy) is 2. The van der Waals surface area contributed by atoms with Gasteiger partial charge in [-0.3, -0.25) is 9.69 Å². The van der Waals surface area contributed by atoms with E-state index < -0.39 is 66.9 Å². The Balaban J connectivity index is 1.63. The topological polar surface area (TPSA) is 93.4 Å². The minimum absolute atomic E-state index is 0.0212. The summed E-state index contributed by atoms with van der Waals surface area (Å²) in [5.41, 5.74) is -3.18. The van der Waals surface area contributed by atoms with Gasteiger partial charge in [0.1, 0.15) is 36.4 Å². The van der Waals surface area contributed by atoms with Crippen LogP contribution >= 0.6 is 0 Å². The van der Waals surface area contributed by atoms with Crippen LogP contribution < -0.4 is 4.90 Å². The van der Waals surface area contributed by atoms with E-state index in [4.69, 9.17) is 18.7 Å². The lowest BCUT2D eigenvalue weighted by Crippen LogP contribution is -2.62. The molecule has 0 aromatic heterocycles. The van der Waals surface area contributed by atoms with Crippen LogP contribution in [0.15, 0.2) is 23.4 Å². The van der Waals surface area contributed by atoms with Gasteiger partial charge in [-0.2, -0.15) is 18.4 Å². The molecular weight excluding hydrogens is 519 g/mol. The standard InChI is InChI=1S/C26H32F3N3O5Si/c1-23(2,3)38(6,7)36-20-19(31-34-5)25-10-11-35-22-18(25)17(24(20,4)37-25)21(33)32(22)15-9-8-14(13-30)16(12-15)26(27,28)29/h8-9,12,17-18,20,22H,10-11H2,1-7H3/t17-,18+,20-,22+,24+,25-/m1/s1. The van der Waals surface area contributed by atoms with Crippen molar-refractivity contribution in [3.05, 3.63) is 29.3 Å². The maximum atomic E-state index is 14.1. The Hall–Kier alpha value is -2.46.